The minimum atomic E-state index is -1.17. The summed E-state index contributed by atoms with van der Waals surface area (Å²) >= 11 is 0. The van der Waals surface area contributed by atoms with E-state index in [9.17, 15) is 4.79 Å². The summed E-state index contributed by atoms with van der Waals surface area (Å²) in [5, 5.41) is 12.2. The average Bonchev–Trinajstić information content (AvgIpc) is 1.90. The SMILES string of the molecule is O=C(O)c1c[nH]o[nH]o1. The van der Waals surface area contributed by atoms with E-state index in [0.29, 0.717) is 0 Å². The lowest BCUT2D eigenvalue weighted by molar-refractivity contribution is 0.0544. The molecule has 0 unspecified atom stereocenters. The molecule has 0 aliphatic heterocycles. The number of carbonyl (C=O) groups is 1. The molecule has 0 saturated heterocycles. The van der Waals surface area contributed by atoms with Crippen molar-refractivity contribution in [3.8, 4) is 0 Å². The number of carboxylic acid groups (broad SMARTS) is 1. The minimum Gasteiger partial charge on any atom is -0.475 e. The van der Waals surface area contributed by atoms with Crippen LogP contribution in [0.1, 0.15) is 10.6 Å². The number of carboxylic acids is 1. The molecule has 0 amide bonds. The number of hydrogen-bond donors (Lipinski definition) is 3. The van der Waals surface area contributed by atoms with Crippen molar-refractivity contribution in [3.05, 3.63) is 12.0 Å². The standard InChI is InChI=1S/C3H4N2O4/c6-3(7)2-1-4-9-5-8-2/h1,4-5H,(H,6,7). The summed E-state index contributed by atoms with van der Waals surface area (Å²) in [6.45, 7) is 0. The molecular weight excluding hydrogens is 128 g/mol. The van der Waals surface area contributed by atoms with Crippen molar-refractivity contribution < 1.29 is 19.1 Å². The van der Waals surface area contributed by atoms with Gasteiger partial charge in [0.2, 0.25) is 0 Å². The Morgan fingerprint density at radius 1 is 1.78 bits per heavy atom. The smallest absolute Gasteiger partial charge is 0.376 e. The molecule has 0 aromatic carbocycles. The Morgan fingerprint density at radius 3 is 2.89 bits per heavy atom. The quantitative estimate of drug-likeness (QED) is 0.513. The Bertz CT molecular complexity index is 210. The van der Waals surface area contributed by atoms with Crippen molar-refractivity contribution in [2.24, 2.45) is 0 Å². The van der Waals surface area contributed by atoms with Gasteiger partial charge in [-0.15, -0.1) is 0 Å². The van der Waals surface area contributed by atoms with E-state index in [1.807, 2.05) is 5.33 Å². The molecule has 9 heavy (non-hydrogen) atoms. The van der Waals surface area contributed by atoms with E-state index in [2.05, 4.69) is 14.3 Å². The van der Waals surface area contributed by atoms with Crippen LogP contribution < -0.4 is 0 Å². The second-order valence-corrected chi connectivity index (χ2v) is 1.22. The van der Waals surface area contributed by atoms with Crippen LogP contribution in [0.5, 0.6) is 0 Å². The highest BCUT2D eigenvalue weighted by Gasteiger charge is 2.03. The molecule has 0 aliphatic carbocycles. The maximum Gasteiger partial charge on any atom is 0.376 e. The van der Waals surface area contributed by atoms with Crippen LogP contribution in [0.4, 0.5) is 0 Å². The van der Waals surface area contributed by atoms with E-state index in [1.54, 1.807) is 0 Å². The highest BCUT2D eigenvalue weighted by Crippen LogP contribution is 1.89. The molecular formula is C3H4N2O4. The van der Waals surface area contributed by atoms with Crippen LogP contribution in [0.25, 0.3) is 0 Å². The summed E-state index contributed by atoms with van der Waals surface area (Å²) in [6, 6.07) is 0. The normalized spacial score (nSPS) is 8.89. The second-order valence-electron chi connectivity index (χ2n) is 1.22. The van der Waals surface area contributed by atoms with Crippen molar-refractivity contribution in [2.45, 2.75) is 0 Å². The van der Waals surface area contributed by atoms with Crippen LogP contribution in [0.2, 0.25) is 0 Å². The number of rotatable bonds is 1. The molecule has 0 saturated carbocycles. The number of aromatic amines is 2. The molecule has 1 heterocycles. The second kappa shape index (κ2) is 2.12. The van der Waals surface area contributed by atoms with Gasteiger partial charge in [0.1, 0.15) is 0 Å². The van der Waals surface area contributed by atoms with Gasteiger partial charge < -0.3 is 9.63 Å². The van der Waals surface area contributed by atoms with Crippen molar-refractivity contribution in [1.82, 2.24) is 10.5 Å². The third kappa shape index (κ3) is 1.15. The molecule has 0 spiro atoms. The fraction of sp³-hybridized carbons (Fsp3) is 0. The van der Waals surface area contributed by atoms with Gasteiger partial charge in [-0.3, -0.25) is 4.63 Å². The third-order valence-electron chi connectivity index (χ3n) is 0.653. The fourth-order valence-corrected chi connectivity index (χ4v) is 0.308. The van der Waals surface area contributed by atoms with E-state index in [1.165, 1.54) is 0 Å². The molecule has 50 valence electrons. The summed E-state index contributed by atoms with van der Waals surface area (Å²) in [5.74, 6) is -1.42. The molecule has 0 fully saturated rings. The lowest BCUT2D eigenvalue weighted by atomic mass is 10.5. The van der Waals surface area contributed by atoms with E-state index in [-0.39, 0.29) is 5.76 Å². The largest absolute Gasteiger partial charge is 0.475 e. The van der Waals surface area contributed by atoms with E-state index >= 15 is 0 Å². The van der Waals surface area contributed by atoms with Gasteiger partial charge in [-0.2, -0.15) is 5.16 Å². The summed E-state index contributed by atoms with van der Waals surface area (Å²) in [5.41, 5.74) is 0. The van der Waals surface area contributed by atoms with Gasteiger partial charge in [0, 0.05) is 0 Å². The lowest BCUT2D eigenvalue weighted by Crippen LogP contribution is -1.96. The molecule has 0 bridgehead atoms. The first-order valence-electron chi connectivity index (χ1n) is 2.07. The summed E-state index contributed by atoms with van der Waals surface area (Å²) in [6.07, 6.45) is 1.07. The number of aromatic carboxylic acids is 1. The first-order chi connectivity index (χ1) is 4.30. The Morgan fingerprint density at radius 2 is 2.56 bits per heavy atom. The highest BCUT2D eigenvalue weighted by molar-refractivity contribution is 5.83. The van der Waals surface area contributed by atoms with E-state index in [0.717, 1.165) is 6.20 Å². The fourth-order valence-electron chi connectivity index (χ4n) is 0.308. The first-order valence-corrected chi connectivity index (χ1v) is 2.07. The number of hydrogen-bond acceptors (Lipinski definition) is 3. The molecule has 1 aromatic rings. The van der Waals surface area contributed by atoms with Crippen LogP contribution in [-0.4, -0.2) is 21.6 Å². The van der Waals surface area contributed by atoms with Gasteiger partial charge in [0.25, 0.3) is 5.76 Å². The summed E-state index contributed by atoms with van der Waals surface area (Å²) in [7, 11) is 0. The Kier molecular flexibility index (Phi) is 1.31. The topological polar surface area (TPSA) is 95.2 Å². The number of nitrogens with one attached hydrogen (secondary N) is 2. The van der Waals surface area contributed by atoms with Gasteiger partial charge in [-0.25, -0.2) is 4.79 Å². The molecule has 3 N–H and O–H groups in total. The molecule has 1 aromatic heterocycles. The maximum absolute atomic E-state index is 10.0. The van der Waals surface area contributed by atoms with Gasteiger partial charge in [-0.1, -0.05) is 5.33 Å². The van der Waals surface area contributed by atoms with Crippen molar-refractivity contribution >= 4 is 5.97 Å². The van der Waals surface area contributed by atoms with Crippen molar-refractivity contribution in [1.29, 1.82) is 0 Å². The van der Waals surface area contributed by atoms with Crippen LogP contribution in [0, 0.1) is 0 Å². The predicted octanol–water partition coefficient (Wildman–Crippen LogP) is 0.351. The Balaban J connectivity index is 2.98. The molecule has 1 rings (SSSR count). The van der Waals surface area contributed by atoms with Crippen LogP contribution in [-0.2, 0) is 0 Å². The monoisotopic (exact) mass is 132 g/mol. The minimum absolute atomic E-state index is 0.249. The zero-order chi connectivity index (χ0) is 6.69. The Hall–Kier alpha value is -1.59. The van der Waals surface area contributed by atoms with Crippen LogP contribution in [0.3, 0.4) is 0 Å². The molecule has 0 radical (unpaired) electrons. The van der Waals surface area contributed by atoms with Gasteiger partial charge in [0.05, 0.1) is 6.20 Å². The molecule has 0 aliphatic rings. The van der Waals surface area contributed by atoms with E-state index in [4.69, 9.17) is 5.11 Å². The lowest BCUT2D eigenvalue weighted by Gasteiger charge is -1.88. The van der Waals surface area contributed by atoms with Crippen molar-refractivity contribution in [2.75, 3.05) is 0 Å². The zero-order valence-electron chi connectivity index (χ0n) is 4.25. The van der Waals surface area contributed by atoms with Gasteiger partial charge >= 0.3 is 5.97 Å². The zero-order valence-corrected chi connectivity index (χ0v) is 4.25. The summed E-state index contributed by atoms with van der Waals surface area (Å²) in [4.78, 5) is 10.0. The molecule has 6 heteroatoms. The van der Waals surface area contributed by atoms with Crippen LogP contribution in [0.15, 0.2) is 15.3 Å². The van der Waals surface area contributed by atoms with Crippen LogP contribution >= 0.6 is 0 Å². The van der Waals surface area contributed by atoms with Gasteiger partial charge in [0.15, 0.2) is 0 Å². The highest BCUT2D eigenvalue weighted by atomic mass is 16.7. The van der Waals surface area contributed by atoms with Crippen molar-refractivity contribution in [3.63, 3.8) is 0 Å². The third-order valence-corrected chi connectivity index (χ3v) is 0.653. The van der Waals surface area contributed by atoms with Gasteiger partial charge in [-0.05, 0) is 0 Å². The molecule has 0 atom stereocenters. The Labute approximate surface area is 48.7 Å². The first kappa shape index (κ1) is 5.54. The maximum atomic E-state index is 10.0. The summed E-state index contributed by atoms with van der Waals surface area (Å²) < 4.78 is 8.45. The average molecular weight is 132 g/mol. The predicted molar refractivity (Wildman–Crippen MR) is 24.3 cm³/mol. The van der Waals surface area contributed by atoms with E-state index < -0.39 is 5.97 Å². The number of H-pyrrole nitrogens is 2. The number of aromatic nitrogens is 2. The molecule has 6 nitrogen and oxygen atoms in total.